The Hall–Kier alpha value is -2.80. The highest BCUT2D eigenvalue weighted by molar-refractivity contribution is 7.14. The van der Waals surface area contributed by atoms with Crippen molar-refractivity contribution in [1.29, 1.82) is 0 Å². The monoisotopic (exact) mass is 357 g/mol. The predicted octanol–water partition coefficient (Wildman–Crippen LogP) is 3.92. The lowest BCUT2D eigenvalue weighted by Gasteiger charge is -2.03. The Kier molecular flexibility index (Phi) is 5.35. The molecule has 3 rings (SSSR count). The maximum absolute atomic E-state index is 13.8. The molecule has 2 aromatic heterocycles. The van der Waals surface area contributed by atoms with Crippen molar-refractivity contribution in [2.75, 3.05) is 12.4 Å². The number of hydrogen-bond donors (Lipinski definition) is 1. The van der Waals surface area contributed by atoms with Crippen LogP contribution < -0.4 is 10.1 Å². The number of anilines is 1. The number of thiazole rings is 1. The van der Waals surface area contributed by atoms with Crippen molar-refractivity contribution in [3.63, 3.8) is 0 Å². The van der Waals surface area contributed by atoms with Crippen LogP contribution in [0.3, 0.4) is 0 Å². The molecule has 0 spiro atoms. The molecule has 25 heavy (non-hydrogen) atoms. The third-order valence-electron chi connectivity index (χ3n) is 3.59. The Labute approximate surface area is 148 Å². The number of hydrogen-bond acceptors (Lipinski definition) is 5. The van der Waals surface area contributed by atoms with E-state index in [1.54, 1.807) is 29.9 Å². The van der Waals surface area contributed by atoms with Crippen molar-refractivity contribution < 1.29 is 13.9 Å². The molecule has 0 atom stereocenters. The van der Waals surface area contributed by atoms with E-state index in [-0.39, 0.29) is 11.7 Å². The standard InChI is InChI=1S/C18H16FN3O2S/c1-24-16-4-3-13(10-14(16)19)15-11-25-18(21-15)22-17(23)5-2-12-6-8-20-9-7-12/h3-4,6-11H,2,5H2,1H3,(H,21,22,23). The molecule has 0 saturated carbocycles. The van der Waals surface area contributed by atoms with Crippen molar-refractivity contribution in [3.05, 3.63) is 59.5 Å². The van der Waals surface area contributed by atoms with Gasteiger partial charge in [0.05, 0.1) is 12.8 Å². The molecule has 0 aliphatic heterocycles. The number of benzene rings is 1. The van der Waals surface area contributed by atoms with Crippen molar-refractivity contribution in [2.45, 2.75) is 12.8 Å². The van der Waals surface area contributed by atoms with E-state index >= 15 is 0 Å². The molecule has 7 heteroatoms. The van der Waals surface area contributed by atoms with Gasteiger partial charge in [0.2, 0.25) is 5.91 Å². The number of amides is 1. The first kappa shape index (κ1) is 17.0. The fourth-order valence-electron chi connectivity index (χ4n) is 2.28. The zero-order chi connectivity index (χ0) is 17.6. The van der Waals surface area contributed by atoms with Gasteiger partial charge in [-0.25, -0.2) is 9.37 Å². The van der Waals surface area contributed by atoms with E-state index in [1.807, 2.05) is 12.1 Å². The Bertz CT molecular complexity index is 868. The smallest absolute Gasteiger partial charge is 0.226 e. The van der Waals surface area contributed by atoms with Gasteiger partial charge in [0.15, 0.2) is 16.7 Å². The minimum absolute atomic E-state index is 0.112. The summed E-state index contributed by atoms with van der Waals surface area (Å²) in [6.07, 6.45) is 4.40. The van der Waals surface area contributed by atoms with Crippen LogP contribution in [0.1, 0.15) is 12.0 Å². The van der Waals surface area contributed by atoms with Crippen LogP contribution in [0.2, 0.25) is 0 Å². The molecular weight excluding hydrogens is 341 g/mol. The maximum Gasteiger partial charge on any atom is 0.226 e. The van der Waals surface area contributed by atoms with Crippen LogP contribution in [-0.2, 0) is 11.2 Å². The summed E-state index contributed by atoms with van der Waals surface area (Å²) in [7, 11) is 1.42. The van der Waals surface area contributed by atoms with E-state index < -0.39 is 5.82 Å². The Morgan fingerprint density at radius 2 is 2.08 bits per heavy atom. The van der Waals surface area contributed by atoms with Crippen LogP contribution in [0.5, 0.6) is 5.75 Å². The molecule has 3 aromatic rings. The Morgan fingerprint density at radius 1 is 1.28 bits per heavy atom. The molecule has 0 radical (unpaired) electrons. The number of nitrogens with zero attached hydrogens (tertiary/aromatic N) is 2. The quantitative estimate of drug-likeness (QED) is 0.726. The molecule has 0 saturated heterocycles. The van der Waals surface area contributed by atoms with Gasteiger partial charge in [0.25, 0.3) is 0 Å². The van der Waals surface area contributed by atoms with E-state index in [0.29, 0.717) is 29.2 Å². The fraction of sp³-hybridized carbons (Fsp3) is 0.167. The van der Waals surface area contributed by atoms with Crippen LogP contribution in [0.15, 0.2) is 48.1 Å². The number of carbonyl (C=O) groups excluding carboxylic acids is 1. The summed E-state index contributed by atoms with van der Waals surface area (Å²) in [4.78, 5) is 20.3. The molecule has 0 aliphatic carbocycles. The summed E-state index contributed by atoms with van der Waals surface area (Å²) in [5.41, 5.74) is 2.29. The second kappa shape index (κ2) is 7.85. The van der Waals surface area contributed by atoms with Crippen LogP contribution in [0, 0.1) is 5.82 Å². The first-order valence-corrected chi connectivity index (χ1v) is 8.52. The van der Waals surface area contributed by atoms with Gasteiger partial charge in [-0.15, -0.1) is 11.3 Å². The summed E-state index contributed by atoms with van der Waals surface area (Å²) in [6.45, 7) is 0. The first-order valence-electron chi connectivity index (χ1n) is 7.64. The number of methoxy groups -OCH3 is 1. The number of halogens is 1. The Morgan fingerprint density at radius 3 is 2.80 bits per heavy atom. The number of pyridine rings is 1. The minimum atomic E-state index is -0.448. The molecule has 5 nitrogen and oxygen atoms in total. The maximum atomic E-state index is 13.8. The van der Waals surface area contributed by atoms with Gasteiger partial charge in [-0.05, 0) is 42.3 Å². The predicted molar refractivity (Wildman–Crippen MR) is 95.2 cm³/mol. The zero-order valence-electron chi connectivity index (χ0n) is 13.5. The third kappa shape index (κ3) is 4.39. The summed E-state index contributed by atoms with van der Waals surface area (Å²) in [6, 6.07) is 8.41. The van der Waals surface area contributed by atoms with Crippen molar-refractivity contribution in [3.8, 4) is 17.0 Å². The Balaban J connectivity index is 1.61. The van der Waals surface area contributed by atoms with Gasteiger partial charge in [-0.2, -0.15) is 0 Å². The normalized spacial score (nSPS) is 10.5. The first-order chi connectivity index (χ1) is 12.2. The van der Waals surface area contributed by atoms with Crippen molar-refractivity contribution in [1.82, 2.24) is 9.97 Å². The average molecular weight is 357 g/mol. The molecule has 0 fully saturated rings. The molecule has 128 valence electrons. The molecule has 2 heterocycles. The number of aromatic nitrogens is 2. The molecule has 0 aliphatic rings. The summed E-state index contributed by atoms with van der Waals surface area (Å²) < 4.78 is 18.7. The molecule has 0 bridgehead atoms. The van der Waals surface area contributed by atoms with Crippen LogP contribution in [0.4, 0.5) is 9.52 Å². The van der Waals surface area contributed by atoms with Gasteiger partial charge in [0.1, 0.15) is 0 Å². The second-order valence-corrected chi connectivity index (χ2v) is 6.15. The van der Waals surface area contributed by atoms with Crippen LogP contribution in [-0.4, -0.2) is 23.0 Å². The largest absolute Gasteiger partial charge is 0.494 e. The second-order valence-electron chi connectivity index (χ2n) is 5.29. The number of aryl methyl sites for hydroxylation is 1. The summed E-state index contributed by atoms with van der Waals surface area (Å²) >= 11 is 1.30. The van der Waals surface area contributed by atoms with Gasteiger partial charge >= 0.3 is 0 Å². The topological polar surface area (TPSA) is 64.1 Å². The van der Waals surface area contributed by atoms with E-state index in [0.717, 1.165) is 5.56 Å². The van der Waals surface area contributed by atoms with Crippen LogP contribution in [0.25, 0.3) is 11.3 Å². The lowest BCUT2D eigenvalue weighted by atomic mass is 10.1. The fourth-order valence-corrected chi connectivity index (χ4v) is 3.01. The third-order valence-corrected chi connectivity index (χ3v) is 4.35. The van der Waals surface area contributed by atoms with Crippen LogP contribution >= 0.6 is 11.3 Å². The van der Waals surface area contributed by atoms with Gasteiger partial charge in [-0.1, -0.05) is 0 Å². The highest BCUT2D eigenvalue weighted by Crippen LogP contribution is 2.28. The number of rotatable bonds is 6. The molecule has 1 N–H and O–H groups in total. The summed E-state index contributed by atoms with van der Waals surface area (Å²) in [5, 5.41) is 5.04. The highest BCUT2D eigenvalue weighted by atomic mass is 32.1. The van der Waals surface area contributed by atoms with Gasteiger partial charge in [0, 0.05) is 29.8 Å². The van der Waals surface area contributed by atoms with E-state index in [1.165, 1.54) is 24.5 Å². The van der Waals surface area contributed by atoms with E-state index in [2.05, 4.69) is 15.3 Å². The SMILES string of the molecule is COc1ccc(-c2csc(NC(=O)CCc3ccncc3)n2)cc1F. The lowest BCUT2D eigenvalue weighted by Crippen LogP contribution is -2.12. The molecule has 1 amide bonds. The van der Waals surface area contributed by atoms with Gasteiger partial charge < -0.3 is 10.1 Å². The van der Waals surface area contributed by atoms with Gasteiger partial charge in [-0.3, -0.25) is 9.78 Å². The molecule has 1 aromatic carbocycles. The zero-order valence-corrected chi connectivity index (χ0v) is 14.3. The van der Waals surface area contributed by atoms with E-state index in [4.69, 9.17) is 4.74 Å². The molecular formula is C18H16FN3O2S. The minimum Gasteiger partial charge on any atom is -0.494 e. The number of ether oxygens (including phenoxy) is 1. The number of nitrogens with one attached hydrogen (secondary N) is 1. The lowest BCUT2D eigenvalue weighted by molar-refractivity contribution is -0.116. The number of carbonyl (C=O) groups is 1. The summed E-state index contributed by atoms with van der Waals surface area (Å²) in [5.74, 6) is -0.377. The van der Waals surface area contributed by atoms with E-state index in [9.17, 15) is 9.18 Å². The van der Waals surface area contributed by atoms with Crippen molar-refractivity contribution in [2.24, 2.45) is 0 Å². The van der Waals surface area contributed by atoms with Crippen molar-refractivity contribution >= 4 is 22.4 Å². The molecule has 0 unspecified atom stereocenters. The average Bonchev–Trinajstić information content (AvgIpc) is 3.09. The highest BCUT2D eigenvalue weighted by Gasteiger charge is 2.10.